The Morgan fingerprint density at radius 2 is 2.00 bits per heavy atom. The Hall–Kier alpha value is -1.43. The predicted molar refractivity (Wildman–Crippen MR) is 110 cm³/mol. The molecule has 1 unspecified atom stereocenters. The number of hydrogen-bond acceptors (Lipinski definition) is 4. The van der Waals surface area contributed by atoms with Crippen molar-refractivity contribution in [3.05, 3.63) is 34.9 Å². The SMILES string of the molecule is CC(C)C[C@H](CN)CC(=O)O.CNC1(c2ccccc2Cl)CCCCC1=O. The fourth-order valence-electron chi connectivity index (χ4n) is 3.70. The van der Waals surface area contributed by atoms with Crippen LogP contribution in [0, 0.1) is 11.8 Å². The first-order chi connectivity index (χ1) is 12.8. The number of nitrogens with one attached hydrogen (secondary N) is 1. The molecule has 1 aliphatic rings. The van der Waals surface area contributed by atoms with Gasteiger partial charge in [-0.3, -0.25) is 9.59 Å². The van der Waals surface area contributed by atoms with Crippen LogP contribution in [0.2, 0.25) is 5.02 Å². The summed E-state index contributed by atoms with van der Waals surface area (Å²) in [6, 6.07) is 7.62. The highest BCUT2D eigenvalue weighted by Crippen LogP contribution is 2.37. The molecular formula is C21H33ClN2O3. The first kappa shape index (κ1) is 23.6. The number of ketones is 1. The zero-order valence-corrected chi connectivity index (χ0v) is 17.4. The van der Waals surface area contributed by atoms with E-state index >= 15 is 0 Å². The molecule has 0 heterocycles. The predicted octanol–water partition coefficient (Wildman–Crippen LogP) is 3.98. The van der Waals surface area contributed by atoms with Crippen molar-refractivity contribution in [2.24, 2.45) is 17.6 Å². The van der Waals surface area contributed by atoms with Crippen molar-refractivity contribution in [1.29, 1.82) is 0 Å². The Morgan fingerprint density at radius 3 is 2.48 bits per heavy atom. The largest absolute Gasteiger partial charge is 0.481 e. The maximum Gasteiger partial charge on any atom is 0.303 e. The summed E-state index contributed by atoms with van der Waals surface area (Å²) in [5.41, 5.74) is 5.77. The average Bonchev–Trinajstić information content (AvgIpc) is 2.62. The third-order valence-electron chi connectivity index (χ3n) is 5.04. The van der Waals surface area contributed by atoms with Crippen LogP contribution in [0.25, 0.3) is 0 Å². The van der Waals surface area contributed by atoms with Gasteiger partial charge in [-0.25, -0.2) is 0 Å². The first-order valence-electron chi connectivity index (χ1n) is 9.65. The molecule has 2 atom stereocenters. The van der Waals surface area contributed by atoms with Crippen LogP contribution >= 0.6 is 11.6 Å². The highest BCUT2D eigenvalue weighted by Gasteiger charge is 2.41. The molecule has 152 valence electrons. The summed E-state index contributed by atoms with van der Waals surface area (Å²) in [6.45, 7) is 4.62. The van der Waals surface area contributed by atoms with E-state index < -0.39 is 11.5 Å². The van der Waals surface area contributed by atoms with Crippen molar-refractivity contribution in [2.75, 3.05) is 13.6 Å². The fourth-order valence-corrected chi connectivity index (χ4v) is 3.99. The molecule has 2 rings (SSSR count). The van der Waals surface area contributed by atoms with Gasteiger partial charge in [0, 0.05) is 17.9 Å². The number of halogens is 1. The lowest BCUT2D eigenvalue weighted by Crippen LogP contribution is -2.49. The maximum absolute atomic E-state index is 12.2. The van der Waals surface area contributed by atoms with Crippen molar-refractivity contribution in [1.82, 2.24) is 5.32 Å². The van der Waals surface area contributed by atoms with Crippen LogP contribution in [-0.4, -0.2) is 30.5 Å². The Labute approximate surface area is 167 Å². The zero-order valence-electron chi connectivity index (χ0n) is 16.6. The van der Waals surface area contributed by atoms with Crippen molar-refractivity contribution in [3.8, 4) is 0 Å². The Bertz CT molecular complexity index is 621. The molecule has 0 radical (unpaired) electrons. The lowest BCUT2D eigenvalue weighted by atomic mass is 9.75. The lowest BCUT2D eigenvalue weighted by molar-refractivity contribution is -0.138. The number of carbonyl (C=O) groups excluding carboxylic acids is 1. The van der Waals surface area contributed by atoms with Gasteiger partial charge in [0.1, 0.15) is 5.54 Å². The number of rotatable bonds is 7. The summed E-state index contributed by atoms with van der Waals surface area (Å²) in [4.78, 5) is 22.5. The Kier molecular flexibility index (Phi) is 9.99. The summed E-state index contributed by atoms with van der Waals surface area (Å²) in [7, 11) is 1.84. The second-order valence-corrected chi connectivity index (χ2v) is 8.00. The molecule has 1 fully saturated rings. The third-order valence-corrected chi connectivity index (χ3v) is 5.37. The number of aliphatic carboxylic acids is 1. The van der Waals surface area contributed by atoms with Gasteiger partial charge < -0.3 is 16.2 Å². The number of nitrogens with two attached hydrogens (primary N) is 1. The van der Waals surface area contributed by atoms with E-state index in [1.54, 1.807) is 0 Å². The molecule has 0 aliphatic heterocycles. The normalized spacial score (nSPS) is 20.7. The number of carbonyl (C=O) groups is 2. The minimum Gasteiger partial charge on any atom is -0.481 e. The molecular weight excluding hydrogens is 364 g/mol. The fraction of sp³-hybridized carbons (Fsp3) is 0.619. The van der Waals surface area contributed by atoms with Crippen molar-refractivity contribution in [2.45, 2.75) is 57.9 Å². The van der Waals surface area contributed by atoms with Gasteiger partial charge in [-0.05, 0) is 56.3 Å². The van der Waals surface area contributed by atoms with Crippen molar-refractivity contribution in [3.63, 3.8) is 0 Å². The average molecular weight is 397 g/mol. The molecule has 0 aromatic heterocycles. The van der Waals surface area contributed by atoms with E-state index in [0.29, 0.717) is 23.9 Å². The van der Waals surface area contributed by atoms with Crippen LogP contribution in [0.3, 0.4) is 0 Å². The van der Waals surface area contributed by atoms with E-state index in [0.717, 1.165) is 31.2 Å². The first-order valence-corrected chi connectivity index (χ1v) is 10.0. The molecule has 0 spiro atoms. The molecule has 0 amide bonds. The van der Waals surface area contributed by atoms with Gasteiger partial charge in [0.15, 0.2) is 5.78 Å². The second-order valence-electron chi connectivity index (χ2n) is 7.59. The van der Waals surface area contributed by atoms with Crippen LogP contribution < -0.4 is 11.1 Å². The number of hydrogen-bond donors (Lipinski definition) is 3. The van der Waals surface area contributed by atoms with E-state index in [-0.39, 0.29) is 18.1 Å². The van der Waals surface area contributed by atoms with Gasteiger partial charge in [0.2, 0.25) is 0 Å². The summed E-state index contributed by atoms with van der Waals surface area (Å²) < 4.78 is 0. The molecule has 6 heteroatoms. The van der Waals surface area contributed by atoms with Crippen LogP contribution in [0.4, 0.5) is 0 Å². The quantitative estimate of drug-likeness (QED) is 0.648. The highest BCUT2D eigenvalue weighted by atomic mass is 35.5. The lowest BCUT2D eigenvalue weighted by Gasteiger charge is -2.36. The molecule has 4 N–H and O–H groups in total. The minimum absolute atomic E-state index is 0.146. The standard InChI is InChI=1S/C13H16ClNO.C8H17NO2/c1-15-13(9-5-4-8-12(13)16)10-6-2-3-7-11(10)14;1-6(2)3-7(5-9)4-8(10)11/h2-3,6-7,15H,4-5,8-9H2,1H3;6-7H,3-5,9H2,1-2H3,(H,10,11)/t;7-/m.0/s1. The van der Waals surface area contributed by atoms with E-state index in [2.05, 4.69) is 19.2 Å². The van der Waals surface area contributed by atoms with E-state index in [1.807, 2.05) is 31.3 Å². The topological polar surface area (TPSA) is 92.4 Å². The highest BCUT2D eigenvalue weighted by molar-refractivity contribution is 6.31. The molecule has 5 nitrogen and oxygen atoms in total. The van der Waals surface area contributed by atoms with Crippen molar-refractivity contribution >= 4 is 23.4 Å². The molecule has 1 saturated carbocycles. The van der Waals surface area contributed by atoms with Crippen LogP contribution in [-0.2, 0) is 15.1 Å². The van der Waals surface area contributed by atoms with Gasteiger partial charge in [0.25, 0.3) is 0 Å². The van der Waals surface area contributed by atoms with E-state index in [1.165, 1.54) is 0 Å². The van der Waals surface area contributed by atoms with Crippen molar-refractivity contribution < 1.29 is 14.7 Å². The summed E-state index contributed by atoms with van der Waals surface area (Å²) >= 11 is 6.20. The zero-order chi connectivity index (χ0) is 20.4. The minimum atomic E-state index is -0.749. The second kappa shape index (κ2) is 11.4. The maximum atomic E-state index is 12.2. The monoisotopic (exact) mass is 396 g/mol. The van der Waals surface area contributed by atoms with E-state index in [9.17, 15) is 9.59 Å². The number of likely N-dealkylation sites (N-methyl/N-ethyl adjacent to an activating group) is 1. The molecule has 27 heavy (non-hydrogen) atoms. The smallest absolute Gasteiger partial charge is 0.303 e. The molecule has 1 aromatic carbocycles. The number of carboxylic acid groups (broad SMARTS) is 1. The third kappa shape index (κ3) is 6.91. The molecule has 1 aliphatic carbocycles. The molecule has 0 saturated heterocycles. The van der Waals surface area contributed by atoms with Gasteiger partial charge in [-0.1, -0.05) is 50.1 Å². The van der Waals surface area contributed by atoms with E-state index in [4.69, 9.17) is 22.4 Å². The summed E-state index contributed by atoms with van der Waals surface area (Å²) in [5, 5.41) is 12.3. The van der Waals surface area contributed by atoms with Crippen LogP contribution in [0.5, 0.6) is 0 Å². The number of benzene rings is 1. The Morgan fingerprint density at radius 1 is 1.33 bits per heavy atom. The van der Waals surface area contributed by atoms with Crippen LogP contribution in [0.1, 0.15) is 57.9 Å². The molecule has 0 bridgehead atoms. The van der Waals surface area contributed by atoms with Crippen LogP contribution in [0.15, 0.2) is 24.3 Å². The summed E-state index contributed by atoms with van der Waals surface area (Å²) in [6.07, 6.45) is 4.65. The number of Topliss-reactive ketones (excluding diaryl/α,β-unsaturated/α-hetero) is 1. The number of carboxylic acids is 1. The molecule has 1 aromatic rings. The summed E-state index contributed by atoms with van der Waals surface area (Å²) in [5.74, 6) is 0.186. The Balaban J connectivity index is 0.000000293. The van der Waals surface area contributed by atoms with Gasteiger partial charge in [-0.15, -0.1) is 0 Å². The van der Waals surface area contributed by atoms with Gasteiger partial charge in [0.05, 0.1) is 0 Å². The van der Waals surface area contributed by atoms with Gasteiger partial charge >= 0.3 is 5.97 Å². The van der Waals surface area contributed by atoms with Gasteiger partial charge in [-0.2, -0.15) is 0 Å².